The van der Waals surface area contributed by atoms with E-state index < -0.39 is 69.1 Å². The molecule has 14 nitrogen and oxygen atoms in total. The molecule has 1 aromatic carbocycles. The van der Waals surface area contributed by atoms with Gasteiger partial charge in [-0.1, -0.05) is 71.0 Å². The lowest BCUT2D eigenvalue weighted by Crippen LogP contribution is -2.62. The number of carbonyl (C=O) groups is 5. The number of likely N-dealkylation sites (N-methyl/N-ethyl adjacent to an activating group) is 1. The number of sulfonamides is 1. The number of rotatable bonds is 15. The Hall–Kier alpha value is -4.63. The van der Waals surface area contributed by atoms with Gasteiger partial charge in [0.2, 0.25) is 17.6 Å². The number of piperidine rings is 1. The molecule has 2 heterocycles. The molecule has 6 rings (SSSR count). The number of Topliss-reactive ketones (excluding diaryl/α,β-unsaturated/α-hetero) is 1. The van der Waals surface area contributed by atoms with Crippen molar-refractivity contribution in [1.29, 1.82) is 0 Å². The number of ketones is 1. The summed E-state index contributed by atoms with van der Waals surface area (Å²) < 4.78 is 27.9. The summed E-state index contributed by atoms with van der Waals surface area (Å²) in [5.41, 5.74) is 1.32. The zero-order chi connectivity index (χ0) is 40.7. The SMILES string of the molecule is C=CCNC(=O)C(=O)C(NC(=O)[C@@H]1[C@@H]2[C@H](CN1C(=O)[C@@H](NC(=O)N[C@H](CN(C)S(=O)(=O)c1ccccn1)C(C)(C)C)C1Cc3ccccc3C1)C2(C)C)C1CC1. The standard InChI is InChI=1S/C41H55N7O7S/c1-8-18-43-37(51)35(49)32(24-16-17-24)45-36(50)34-31-28(41(31,5)6)22-48(34)38(52)33(27-20-25-13-9-10-14-26(25)21-27)46-39(53)44-29(40(2,3)4)23-47(7)56(54,55)30-15-11-12-19-42-30/h8-15,19,24,27-29,31-34H,1,16-18,20-23H2,2-7H3,(H,43,51)(H,45,50)(H2,44,46,53)/t28-,29+,31-,32?,33-,34-/m0/s1. The van der Waals surface area contributed by atoms with Crippen LogP contribution in [-0.2, 0) is 42.0 Å². The van der Waals surface area contributed by atoms with Crippen molar-refractivity contribution >= 4 is 39.6 Å². The van der Waals surface area contributed by atoms with Crippen LogP contribution in [0.5, 0.6) is 0 Å². The van der Waals surface area contributed by atoms with Crippen molar-refractivity contribution in [2.45, 2.75) is 89.5 Å². The molecule has 3 fully saturated rings. The number of urea groups is 1. The first kappa shape index (κ1) is 41.0. The maximum absolute atomic E-state index is 14.9. The number of pyridine rings is 1. The van der Waals surface area contributed by atoms with E-state index in [0.717, 1.165) is 15.4 Å². The maximum atomic E-state index is 14.9. The summed E-state index contributed by atoms with van der Waals surface area (Å²) in [7, 11) is -2.53. The quantitative estimate of drug-likeness (QED) is 0.157. The number of carbonyl (C=O) groups excluding carboxylic acids is 5. The molecule has 6 atom stereocenters. The number of hydrogen-bond acceptors (Lipinski definition) is 8. The lowest BCUT2D eigenvalue weighted by molar-refractivity contribution is -0.144. The second-order valence-electron chi connectivity index (χ2n) is 17.5. The van der Waals surface area contributed by atoms with Crippen LogP contribution in [0.25, 0.3) is 0 Å². The lowest BCUT2D eigenvalue weighted by Gasteiger charge is -2.37. The molecule has 56 heavy (non-hydrogen) atoms. The third-order valence-corrected chi connectivity index (χ3v) is 14.0. The van der Waals surface area contributed by atoms with Gasteiger partial charge in [-0.05, 0) is 83.4 Å². The molecule has 1 unspecified atom stereocenters. The Morgan fingerprint density at radius 1 is 0.964 bits per heavy atom. The second kappa shape index (κ2) is 15.7. The summed E-state index contributed by atoms with van der Waals surface area (Å²) in [5, 5.41) is 11.2. The Morgan fingerprint density at radius 3 is 2.18 bits per heavy atom. The van der Waals surface area contributed by atoms with Gasteiger partial charge >= 0.3 is 6.03 Å². The Labute approximate surface area is 329 Å². The van der Waals surface area contributed by atoms with Gasteiger partial charge in [0, 0.05) is 38.9 Å². The van der Waals surface area contributed by atoms with Crippen molar-refractivity contribution < 1.29 is 32.4 Å². The number of aromatic nitrogens is 1. The van der Waals surface area contributed by atoms with Crippen LogP contribution in [0.4, 0.5) is 4.79 Å². The molecule has 1 aliphatic heterocycles. The predicted octanol–water partition coefficient (Wildman–Crippen LogP) is 2.45. The molecular formula is C41H55N7O7S. The minimum atomic E-state index is -3.97. The molecule has 2 saturated carbocycles. The molecule has 0 bridgehead atoms. The van der Waals surface area contributed by atoms with E-state index in [9.17, 15) is 32.4 Å². The lowest BCUT2D eigenvalue weighted by atomic mass is 9.86. The zero-order valence-corrected chi connectivity index (χ0v) is 33.9. The molecule has 3 aliphatic carbocycles. The van der Waals surface area contributed by atoms with E-state index in [2.05, 4.69) is 46.7 Å². The van der Waals surface area contributed by atoms with Crippen LogP contribution in [0.1, 0.15) is 58.6 Å². The van der Waals surface area contributed by atoms with Gasteiger partial charge in [0.05, 0.1) is 0 Å². The van der Waals surface area contributed by atoms with Gasteiger partial charge in [0.15, 0.2) is 5.03 Å². The van der Waals surface area contributed by atoms with Crippen LogP contribution in [0, 0.1) is 34.5 Å². The van der Waals surface area contributed by atoms with Crippen molar-refractivity contribution in [2.75, 3.05) is 26.7 Å². The normalized spacial score (nSPS) is 22.9. The molecule has 15 heteroatoms. The van der Waals surface area contributed by atoms with Crippen LogP contribution in [0.15, 0.2) is 66.3 Å². The maximum Gasteiger partial charge on any atom is 0.315 e. The minimum absolute atomic E-state index is 0.0327. The second-order valence-corrected chi connectivity index (χ2v) is 19.5. The average Bonchev–Trinajstić information content (AvgIpc) is 3.95. The molecule has 1 aromatic heterocycles. The van der Waals surface area contributed by atoms with E-state index in [4.69, 9.17) is 0 Å². The number of nitrogens with zero attached hydrogens (tertiary/aromatic N) is 3. The summed E-state index contributed by atoms with van der Waals surface area (Å²) in [6.45, 7) is 13.7. The van der Waals surface area contributed by atoms with Crippen molar-refractivity contribution in [2.24, 2.45) is 34.5 Å². The van der Waals surface area contributed by atoms with Gasteiger partial charge in [0.1, 0.15) is 18.1 Å². The topological polar surface area (TPSA) is 187 Å². The van der Waals surface area contributed by atoms with Gasteiger partial charge in [-0.2, -0.15) is 4.31 Å². The highest BCUT2D eigenvalue weighted by Gasteiger charge is 2.70. The molecule has 1 saturated heterocycles. The van der Waals surface area contributed by atoms with Crippen LogP contribution in [0.3, 0.4) is 0 Å². The zero-order valence-electron chi connectivity index (χ0n) is 33.1. The smallest absolute Gasteiger partial charge is 0.315 e. The van der Waals surface area contributed by atoms with Crippen molar-refractivity contribution in [1.82, 2.24) is 35.5 Å². The predicted molar refractivity (Wildman–Crippen MR) is 209 cm³/mol. The highest BCUT2D eigenvalue weighted by atomic mass is 32.2. The van der Waals surface area contributed by atoms with E-state index >= 15 is 0 Å². The Balaban J connectivity index is 1.24. The van der Waals surface area contributed by atoms with Gasteiger partial charge in [0.25, 0.3) is 15.9 Å². The Bertz CT molecular complexity index is 1950. The van der Waals surface area contributed by atoms with Crippen LogP contribution < -0.4 is 21.3 Å². The van der Waals surface area contributed by atoms with Crippen molar-refractivity contribution in [3.05, 3.63) is 72.4 Å². The molecule has 2 aromatic rings. The average molecular weight is 790 g/mol. The van der Waals surface area contributed by atoms with E-state index in [0.29, 0.717) is 32.2 Å². The van der Waals surface area contributed by atoms with Gasteiger partial charge < -0.3 is 26.2 Å². The van der Waals surface area contributed by atoms with E-state index in [1.54, 1.807) is 17.0 Å². The molecule has 0 radical (unpaired) electrons. The molecule has 0 spiro atoms. The van der Waals surface area contributed by atoms with Gasteiger partial charge in [-0.15, -0.1) is 6.58 Å². The fourth-order valence-electron chi connectivity index (χ4n) is 8.55. The van der Waals surface area contributed by atoms with E-state index in [1.165, 1.54) is 25.4 Å². The number of amides is 5. The number of nitrogens with one attached hydrogen (secondary N) is 4. The van der Waals surface area contributed by atoms with Gasteiger partial charge in [-0.25, -0.2) is 18.2 Å². The molecule has 4 aliphatic rings. The summed E-state index contributed by atoms with van der Waals surface area (Å²) in [6, 6.07) is 8.26. The number of fused-ring (bicyclic) bond motifs is 2. The Morgan fingerprint density at radius 2 is 1.61 bits per heavy atom. The fraction of sp³-hybridized carbons (Fsp3) is 0.561. The monoisotopic (exact) mass is 789 g/mol. The number of hydrogen-bond donors (Lipinski definition) is 4. The van der Waals surface area contributed by atoms with Gasteiger partial charge in [-0.3, -0.25) is 19.2 Å². The first-order chi connectivity index (χ1) is 26.4. The highest BCUT2D eigenvalue weighted by molar-refractivity contribution is 7.89. The number of likely N-dealkylation sites (tertiary alicyclic amines) is 1. The summed E-state index contributed by atoms with van der Waals surface area (Å²) in [6.07, 6.45) is 5.32. The summed E-state index contributed by atoms with van der Waals surface area (Å²) in [4.78, 5) is 74.8. The first-order valence-corrected chi connectivity index (χ1v) is 20.8. The van der Waals surface area contributed by atoms with E-state index in [-0.39, 0.29) is 47.2 Å². The highest BCUT2D eigenvalue weighted by Crippen LogP contribution is 2.65. The fourth-order valence-corrected chi connectivity index (χ4v) is 9.66. The molecule has 5 amide bonds. The minimum Gasteiger partial charge on any atom is -0.346 e. The third kappa shape index (κ3) is 8.38. The molecule has 4 N–H and O–H groups in total. The van der Waals surface area contributed by atoms with Crippen molar-refractivity contribution in [3.63, 3.8) is 0 Å². The summed E-state index contributed by atoms with van der Waals surface area (Å²) >= 11 is 0. The largest absolute Gasteiger partial charge is 0.346 e. The molecule has 302 valence electrons. The van der Waals surface area contributed by atoms with Crippen LogP contribution in [0.2, 0.25) is 0 Å². The van der Waals surface area contributed by atoms with Crippen molar-refractivity contribution in [3.8, 4) is 0 Å². The third-order valence-electron chi connectivity index (χ3n) is 12.3. The van der Waals surface area contributed by atoms with Crippen LogP contribution in [-0.4, -0.2) is 103 Å². The Kier molecular flexibility index (Phi) is 11.5. The molecular weight excluding hydrogens is 735 g/mol. The first-order valence-electron chi connectivity index (χ1n) is 19.4. The van der Waals surface area contributed by atoms with E-state index in [1.807, 2.05) is 45.0 Å². The number of benzene rings is 1. The summed E-state index contributed by atoms with van der Waals surface area (Å²) in [5.74, 6) is -3.04. The van der Waals surface area contributed by atoms with Crippen LogP contribution >= 0.6 is 0 Å².